The number of rotatable bonds is 7. The van der Waals surface area contributed by atoms with Crippen LogP contribution in [-0.4, -0.2) is 32.1 Å². The Morgan fingerprint density at radius 1 is 1.25 bits per heavy atom. The van der Waals surface area contributed by atoms with Gasteiger partial charge in [-0.15, -0.1) is 0 Å². The van der Waals surface area contributed by atoms with E-state index in [0.717, 1.165) is 17.6 Å². The fourth-order valence-electron chi connectivity index (χ4n) is 1.56. The Balaban J connectivity index is 2.07. The van der Waals surface area contributed by atoms with E-state index < -0.39 is 0 Å². The molecule has 0 aliphatic heterocycles. The first kappa shape index (κ1) is 13.7. The largest absolute Gasteiger partial charge is 0.313 e. The van der Waals surface area contributed by atoms with Gasteiger partial charge in [0.1, 0.15) is 0 Å². The second-order valence-electron chi connectivity index (χ2n) is 4.32. The number of benzene rings is 1. The molecule has 16 heavy (non-hydrogen) atoms. The fourth-order valence-corrected chi connectivity index (χ4v) is 2.00. The summed E-state index contributed by atoms with van der Waals surface area (Å²) in [5, 5.41) is 3.46. The van der Waals surface area contributed by atoms with E-state index >= 15 is 0 Å². The zero-order chi connectivity index (χ0) is 11.8. The minimum atomic E-state index is 0.960. The first-order valence-corrected chi connectivity index (χ1v) is 6.57. The van der Waals surface area contributed by atoms with E-state index in [0.29, 0.717) is 0 Å². The summed E-state index contributed by atoms with van der Waals surface area (Å²) in [5.74, 6) is 0. The monoisotopic (exact) mass is 284 g/mol. The Hall–Kier alpha value is -0.380. The third-order valence-electron chi connectivity index (χ3n) is 2.43. The van der Waals surface area contributed by atoms with Gasteiger partial charge in [-0.2, -0.15) is 0 Å². The highest BCUT2D eigenvalue weighted by molar-refractivity contribution is 9.10. The lowest BCUT2D eigenvalue weighted by atomic mass is 10.2. The summed E-state index contributed by atoms with van der Waals surface area (Å²) >= 11 is 3.48. The lowest BCUT2D eigenvalue weighted by Gasteiger charge is -2.09. The fraction of sp³-hybridized carbons (Fsp3) is 0.538. The molecule has 0 amide bonds. The molecule has 2 nitrogen and oxygen atoms in total. The molecule has 0 heterocycles. The van der Waals surface area contributed by atoms with Gasteiger partial charge in [0.05, 0.1) is 0 Å². The molecule has 90 valence electrons. The van der Waals surface area contributed by atoms with E-state index in [9.17, 15) is 0 Å². The van der Waals surface area contributed by atoms with Gasteiger partial charge in [0.15, 0.2) is 0 Å². The third kappa shape index (κ3) is 6.26. The molecule has 0 fully saturated rings. The number of hydrogen-bond donors (Lipinski definition) is 1. The molecule has 0 saturated heterocycles. The minimum Gasteiger partial charge on any atom is -0.313 e. The van der Waals surface area contributed by atoms with Crippen LogP contribution >= 0.6 is 15.9 Å². The van der Waals surface area contributed by atoms with Crippen molar-refractivity contribution in [2.75, 3.05) is 27.2 Å². The van der Waals surface area contributed by atoms with E-state index in [4.69, 9.17) is 0 Å². The van der Waals surface area contributed by atoms with Crippen molar-refractivity contribution in [3.63, 3.8) is 0 Å². The molecule has 0 atom stereocenters. The topological polar surface area (TPSA) is 15.3 Å². The smallest absolute Gasteiger partial charge is 0.0205 e. The molecule has 1 aromatic rings. The molecular weight excluding hydrogens is 264 g/mol. The minimum absolute atomic E-state index is 0.960. The SMILES string of the molecule is CN(C)CCCCNCc1cccc(Br)c1. The number of halogens is 1. The van der Waals surface area contributed by atoms with Crippen LogP contribution in [0, 0.1) is 0 Å². The first-order valence-electron chi connectivity index (χ1n) is 5.78. The number of nitrogens with zero attached hydrogens (tertiary/aromatic N) is 1. The Bertz CT molecular complexity index is 300. The summed E-state index contributed by atoms with van der Waals surface area (Å²) in [4.78, 5) is 2.23. The number of nitrogens with one attached hydrogen (secondary N) is 1. The average molecular weight is 285 g/mol. The van der Waals surface area contributed by atoms with Crippen LogP contribution < -0.4 is 5.32 Å². The number of hydrogen-bond acceptors (Lipinski definition) is 2. The van der Waals surface area contributed by atoms with Crippen molar-refractivity contribution in [3.05, 3.63) is 34.3 Å². The molecule has 0 aromatic heterocycles. The van der Waals surface area contributed by atoms with Gasteiger partial charge in [-0.05, 0) is 57.7 Å². The van der Waals surface area contributed by atoms with Gasteiger partial charge in [0.2, 0.25) is 0 Å². The Morgan fingerprint density at radius 2 is 2.06 bits per heavy atom. The van der Waals surface area contributed by atoms with E-state index in [2.05, 4.69) is 64.5 Å². The number of unbranched alkanes of at least 4 members (excludes halogenated alkanes) is 1. The third-order valence-corrected chi connectivity index (χ3v) is 2.92. The van der Waals surface area contributed by atoms with Crippen molar-refractivity contribution in [2.24, 2.45) is 0 Å². The van der Waals surface area contributed by atoms with Crippen LogP contribution in [-0.2, 0) is 6.54 Å². The normalized spacial score (nSPS) is 11.0. The predicted molar refractivity (Wildman–Crippen MR) is 73.6 cm³/mol. The van der Waals surface area contributed by atoms with Crippen molar-refractivity contribution in [2.45, 2.75) is 19.4 Å². The summed E-state index contributed by atoms with van der Waals surface area (Å²) in [6.45, 7) is 3.24. The molecule has 0 aliphatic carbocycles. The molecule has 3 heteroatoms. The molecule has 0 spiro atoms. The van der Waals surface area contributed by atoms with Crippen molar-refractivity contribution in [3.8, 4) is 0 Å². The standard InChI is InChI=1S/C13H21BrN2/c1-16(2)9-4-3-8-15-11-12-6-5-7-13(14)10-12/h5-7,10,15H,3-4,8-9,11H2,1-2H3. The van der Waals surface area contributed by atoms with Crippen LogP contribution in [0.5, 0.6) is 0 Å². The van der Waals surface area contributed by atoms with Crippen LogP contribution in [0.4, 0.5) is 0 Å². The van der Waals surface area contributed by atoms with Crippen LogP contribution in [0.1, 0.15) is 18.4 Å². The van der Waals surface area contributed by atoms with Crippen molar-refractivity contribution >= 4 is 15.9 Å². The highest BCUT2D eigenvalue weighted by Crippen LogP contribution is 2.11. The molecule has 0 unspecified atom stereocenters. The molecule has 0 aliphatic rings. The summed E-state index contributed by atoms with van der Waals surface area (Å²) in [6, 6.07) is 8.44. The maximum absolute atomic E-state index is 3.48. The molecule has 0 bridgehead atoms. The van der Waals surface area contributed by atoms with E-state index in [1.54, 1.807) is 0 Å². The Morgan fingerprint density at radius 3 is 2.75 bits per heavy atom. The molecular formula is C13H21BrN2. The first-order chi connectivity index (χ1) is 7.68. The Labute approximate surface area is 107 Å². The summed E-state index contributed by atoms with van der Waals surface area (Å²) in [7, 11) is 4.24. The Kier molecular flexibility index (Phi) is 6.69. The van der Waals surface area contributed by atoms with Crippen molar-refractivity contribution in [1.29, 1.82) is 0 Å². The highest BCUT2D eigenvalue weighted by Gasteiger charge is 1.94. The zero-order valence-corrected chi connectivity index (χ0v) is 11.8. The molecule has 0 saturated carbocycles. The average Bonchev–Trinajstić information content (AvgIpc) is 2.23. The van der Waals surface area contributed by atoms with Crippen molar-refractivity contribution in [1.82, 2.24) is 10.2 Å². The van der Waals surface area contributed by atoms with Gasteiger partial charge < -0.3 is 10.2 Å². The summed E-state index contributed by atoms with van der Waals surface area (Å²) in [5.41, 5.74) is 1.34. The van der Waals surface area contributed by atoms with Crippen LogP contribution in [0.3, 0.4) is 0 Å². The lowest BCUT2D eigenvalue weighted by Crippen LogP contribution is -2.18. The van der Waals surface area contributed by atoms with Gasteiger partial charge in [-0.25, -0.2) is 0 Å². The van der Waals surface area contributed by atoms with Gasteiger partial charge >= 0.3 is 0 Å². The molecule has 1 N–H and O–H groups in total. The zero-order valence-electron chi connectivity index (χ0n) is 10.2. The molecule has 1 aromatic carbocycles. The van der Waals surface area contributed by atoms with Gasteiger partial charge in [-0.1, -0.05) is 28.1 Å². The highest BCUT2D eigenvalue weighted by atomic mass is 79.9. The maximum Gasteiger partial charge on any atom is 0.0205 e. The second-order valence-corrected chi connectivity index (χ2v) is 5.23. The van der Waals surface area contributed by atoms with Crippen molar-refractivity contribution < 1.29 is 0 Å². The molecule has 0 radical (unpaired) electrons. The predicted octanol–water partition coefficient (Wildman–Crippen LogP) is 2.88. The van der Waals surface area contributed by atoms with Gasteiger partial charge in [-0.3, -0.25) is 0 Å². The summed E-state index contributed by atoms with van der Waals surface area (Å²) < 4.78 is 1.15. The van der Waals surface area contributed by atoms with E-state index in [1.807, 2.05) is 0 Å². The van der Waals surface area contributed by atoms with Crippen LogP contribution in [0.2, 0.25) is 0 Å². The maximum atomic E-state index is 3.48. The van der Waals surface area contributed by atoms with Gasteiger partial charge in [0, 0.05) is 11.0 Å². The quantitative estimate of drug-likeness (QED) is 0.775. The van der Waals surface area contributed by atoms with Gasteiger partial charge in [0.25, 0.3) is 0 Å². The van der Waals surface area contributed by atoms with E-state index in [-0.39, 0.29) is 0 Å². The lowest BCUT2D eigenvalue weighted by molar-refractivity contribution is 0.391. The van der Waals surface area contributed by atoms with Crippen LogP contribution in [0.25, 0.3) is 0 Å². The van der Waals surface area contributed by atoms with Crippen LogP contribution in [0.15, 0.2) is 28.7 Å². The second kappa shape index (κ2) is 7.82. The molecule has 1 rings (SSSR count). The summed E-state index contributed by atoms with van der Waals surface area (Å²) in [6.07, 6.45) is 2.50. The van der Waals surface area contributed by atoms with E-state index in [1.165, 1.54) is 24.9 Å².